The molecule has 2 unspecified atom stereocenters. The maximum Gasteiger partial charge on any atom is 0.163 e. The van der Waals surface area contributed by atoms with Gasteiger partial charge in [-0.3, -0.25) is 4.79 Å². The van der Waals surface area contributed by atoms with Gasteiger partial charge in [-0.1, -0.05) is 30.4 Å². The molecule has 4 rings (SSSR count). The van der Waals surface area contributed by atoms with Crippen molar-refractivity contribution in [1.29, 1.82) is 0 Å². The summed E-state index contributed by atoms with van der Waals surface area (Å²) in [6.07, 6.45) is 5.80. The molecule has 2 nitrogen and oxygen atoms in total. The lowest BCUT2D eigenvalue weighted by Gasteiger charge is -2.23. The molecule has 0 fully saturated rings. The van der Waals surface area contributed by atoms with E-state index in [1.807, 2.05) is 6.08 Å². The second kappa shape index (κ2) is 3.10. The average molecular weight is 223 g/mol. The number of hydrogen-bond acceptors (Lipinski definition) is 2. The van der Waals surface area contributed by atoms with Crippen LogP contribution in [-0.4, -0.2) is 11.8 Å². The molecule has 0 aromatic heterocycles. The normalized spacial score (nSPS) is 28.8. The largest absolute Gasteiger partial charge is 0.378 e. The summed E-state index contributed by atoms with van der Waals surface area (Å²) in [5.41, 5.74) is 4.90. The standard InChI is InChI=1S/C15H13NO/c17-14-8-6-10-9(14)5-7-13-15(10)11-3-1-2-4-12(11)16-13/h1-5,7,13,15-16H,6,8H2. The van der Waals surface area contributed by atoms with E-state index in [1.54, 1.807) is 0 Å². The molecular weight excluding hydrogens is 210 g/mol. The van der Waals surface area contributed by atoms with Gasteiger partial charge in [-0.05, 0) is 23.6 Å². The Morgan fingerprint density at radius 2 is 2.06 bits per heavy atom. The maximum atomic E-state index is 11.8. The molecule has 1 aliphatic heterocycles. The summed E-state index contributed by atoms with van der Waals surface area (Å²) in [5.74, 6) is 0.705. The van der Waals surface area contributed by atoms with E-state index >= 15 is 0 Å². The minimum Gasteiger partial charge on any atom is -0.378 e. The molecule has 2 atom stereocenters. The molecule has 3 aliphatic rings. The third kappa shape index (κ3) is 1.13. The van der Waals surface area contributed by atoms with Crippen LogP contribution < -0.4 is 5.32 Å². The van der Waals surface area contributed by atoms with Crippen molar-refractivity contribution < 1.29 is 4.79 Å². The Hall–Kier alpha value is -1.83. The number of anilines is 1. The molecule has 84 valence electrons. The summed E-state index contributed by atoms with van der Waals surface area (Å²) in [4.78, 5) is 11.8. The predicted molar refractivity (Wildman–Crippen MR) is 67.0 cm³/mol. The lowest BCUT2D eigenvalue weighted by Crippen LogP contribution is -2.22. The second-order valence-corrected chi connectivity index (χ2v) is 4.96. The zero-order chi connectivity index (χ0) is 11.4. The van der Waals surface area contributed by atoms with E-state index in [9.17, 15) is 4.79 Å². The third-order valence-electron chi connectivity index (χ3n) is 4.09. The van der Waals surface area contributed by atoms with Crippen LogP contribution in [0.4, 0.5) is 5.69 Å². The van der Waals surface area contributed by atoms with Gasteiger partial charge in [-0.2, -0.15) is 0 Å². The minimum atomic E-state index is 0.319. The fourth-order valence-corrected chi connectivity index (χ4v) is 3.34. The number of Topliss-reactive ketones (excluding diaryl/α,β-unsaturated/α-hetero) is 1. The van der Waals surface area contributed by atoms with E-state index in [1.165, 1.54) is 16.8 Å². The van der Waals surface area contributed by atoms with Gasteiger partial charge in [0.15, 0.2) is 5.78 Å². The average Bonchev–Trinajstić information content (AvgIpc) is 2.90. The summed E-state index contributed by atoms with van der Waals surface area (Å²) >= 11 is 0. The van der Waals surface area contributed by atoms with Crippen LogP contribution >= 0.6 is 0 Å². The summed E-state index contributed by atoms with van der Waals surface area (Å²) in [6.45, 7) is 0. The first kappa shape index (κ1) is 9.23. The molecule has 0 radical (unpaired) electrons. The maximum absolute atomic E-state index is 11.8. The molecule has 0 saturated carbocycles. The van der Waals surface area contributed by atoms with Crippen molar-refractivity contribution in [1.82, 2.24) is 0 Å². The van der Waals surface area contributed by atoms with Crippen LogP contribution in [0.2, 0.25) is 0 Å². The van der Waals surface area contributed by atoms with Crippen molar-refractivity contribution in [2.24, 2.45) is 0 Å². The number of fused-ring (bicyclic) bond motifs is 4. The van der Waals surface area contributed by atoms with E-state index in [2.05, 4.69) is 35.7 Å². The Morgan fingerprint density at radius 1 is 1.18 bits per heavy atom. The Morgan fingerprint density at radius 3 is 3.00 bits per heavy atom. The molecular formula is C15H13NO. The van der Waals surface area contributed by atoms with Gasteiger partial charge < -0.3 is 5.32 Å². The van der Waals surface area contributed by atoms with Crippen molar-refractivity contribution >= 4 is 11.5 Å². The van der Waals surface area contributed by atoms with Crippen LogP contribution in [0.5, 0.6) is 0 Å². The molecule has 1 aromatic carbocycles. The number of carbonyl (C=O) groups excluding carboxylic acids is 1. The fraction of sp³-hybridized carbons (Fsp3) is 0.267. The van der Waals surface area contributed by atoms with Gasteiger partial charge in [0.25, 0.3) is 0 Å². The second-order valence-electron chi connectivity index (χ2n) is 4.96. The molecule has 1 aromatic rings. The van der Waals surface area contributed by atoms with Gasteiger partial charge in [-0.15, -0.1) is 0 Å². The van der Waals surface area contributed by atoms with Crippen molar-refractivity contribution in [2.45, 2.75) is 24.8 Å². The molecule has 0 saturated heterocycles. The number of benzene rings is 1. The van der Waals surface area contributed by atoms with Gasteiger partial charge in [0.2, 0.25) is 0 Å². The van der Waals surface area contributed by atoms with Gasteiger partial charge >= 0.3 is 0 Å². The van der Waals surface area contributed by atoms with Crippen LogP contribution in [0.15, 0.2) is 47.6 Å². The number of rotatable bonds is 0. The van der Waals surface area contributed by atoms with Crippen molar-refractivity contribution in [3.05, 3.63) is 53.1 Å². The Balaban J connectivity index is 1.90. The van der Waals surface area contributed by atoms with Crippen molar-refractivity contribution in [3.63, 3.8) is 0 Å². The Labute approximate surface area is 100 Å². The molecule has 1 N–H and O–H groups in total. The first-order valence-electron chi connectivity index (χ1n) is 6.14. The number of para-hydroxylation sites is 1. The highest BCUT2D eigenvalue weighted by Gasteiger charge is 2.39. The molecule has 0 amide bonds. The number of hydrogen-bond donors (Lipinski definition) is 1. The highest BCUT2D eigenvalue weighted by molar-refractivity contribution is 6.02. The number of nitrogens with one attached hydrogen (secondary N) is 1. The first-order chi connectivity index (χ1) is 8.34. The van der Waals surface area contributed by atoms with Crippen molar-refractivity contribution in [2.75, 3.05) is 5.32 Å². The molecule has 1 heterocycles. The predicted octanol–water partition coefficient (Wildman–Crippen LogP) is 2.79. The van der Waals surface area contributed by atoms with E-state index in [-0.39, 0.29) is 0 Å². The highest BCUT2D eigenvalue weighted by Crippen LogP contribution is 2.47. The monoisotopic (exact) mass is 223 g/mol. The Kier molecular flexibility index (Phi) is 1.68. The lowest BCUT2D eigenvalue weighted by molar-refractivity contribution is -0.114. The summed E-state index contributed by atoms with van der Waals surface area (Å²) in [6, 6.07) is 8.79. The van der Waals surface area contributed by atoms with E-state index in [0.717, 1.165) is 12.0 Å². The SMILES string of the molecule is O=C1CCC2=C1C=CC1Nc3ccccc3C21. The zero-order valence-corrected chi connectivity index (χ0v) is 9.44. The van der Waals surface area contributed by atoms with E-state index in [0.29, 0.717) is 24.2 Å². The van der Waals surface area contributed by atoms with Crippen LogP contribution in [0, 0.1) is 0 Å². The van der Waals surface area contributed by atoms with Gasteiger partial charge in [-0.25, -0.2) is 0 Å². The fourth-order valence-electron chi connectivity index (χ4n) is 3.34. The molecule has 0 spiro atoms. The number of carbonyl (C=O) groups is 1. The molecule has 17 heavy (non-hydrogen) atoms. The van der Waals surface area contributed by atoms with Gasteiger partial charge in [0.1, 0.15) is 0 Å². The molecule has 2 aliphatic carbocycles. The highest BCUT2D eigenvalue weighted by atomic mass is 16.1. The first-order valence-corrected chi connectivity index (χ1v) is 6.14. The van der Waals surface area contributed by atoms with Crippen LogP contribution in [0.3, 0.4) is 0 Å². The van der Waals surface area contributed by atoms with E-state index < -0.39 is 0 Å². The summed E-state index contributed by atoms with van der Waals surface area (Å²) in [5, 5.41) is 3.53. The summed E-state index contributed by atoms with van der Waals surface area (Å²) < 4.78 is 0. The zero-order valence-electron chi connectivity index (χ0n) is 9.44. The third-order valence-corrected chi connectivity index (χ3v) is 4.09. The Bertz CT molecular complexity index is 582. The summed E-state index contributed by atoms with van der Waals surface area (Å²) in [7, 11) is 0. The molecule has 0 bridgehead atoms. The van der Waals surface area contributed by atoms with Crippen molar-refractivity contribution in [3.8, 4) is 0 Å². The minimum absolute atomic E-state index is 0.319. The topological polar surface area (TPSA) is 29.1 Å². The van der Waals surface area contributed by atoms with Gasteiger partial charge in [0.05, 0.1) is 6.04 Å². The van der Waals surface area contributed by atoms with Crippen LogP contribution in [-0.2, 0) is 4.79 Å². The number of ketones is 1. The van der Waals surface area contributed by atoms with Crippen LogP contribution in [0.25, 0.3) is 0 Å². The molecule has 2 heteroatoms. The lowest BCUT2D eigenvalue weighted by atomic mass is 9.82. The van der Waals surface area contributed by atoms with Gasteiger partial charge in [0, 0.05) is 23.6 Å². The number of allylic oxidation sites excluding steroid dienone is 2. The van der Waals surface area contributed by atoms with E-state index in [4.69, 9.17) is 0 Å². The smallest absolute Gasteiger partial charge is 0.163 e. The quantitative estimate of drug-likeness (QED) is 0.732. The van der Waals surface area contributed by atoms with Crippen LogP contribution in [0.1, 0.15) is 24.3 Å².